The molecule has 0 aromatic heterocycles. The first kappa shape index (κ1) is 18.3. The van der Waals surface area contributed by atoms with Crippen LogP contribution in [0.25, 0.3) is 0 Å². The van der Waals surface area contributed by atoms with Crippen LogP contribution in [0.4, 0.5) is 0 Å². The molecule has 0 aliphatic carbocycles. The van der Waals surface area contributed by atoms with Gasteiger partial charge >= 0.3 is 0 Å². The van der Waals surface area contributed by atoms with E-state index in [4.69, 9.17) is 9.47 Å². The van der Waals surface area contributed by atoms with Crippen LogP contribution in [-0.2, 0) is 11.3 Å². The van der Waals surface area contributed by atoms with E-state index in [-0.39, 0.29) is 11.9 Å². The minimum Gasteiger partial charge on any atom is -0.493 e. The van der Waals surface area contributed by atoms with E-state index in [0.29, 0.717) is 24.5 Å². The number of hydrogen-bond acceptors (Lipinski definition) is 3. The Morgan fingerprint density at radius 3 is 2.36 bits per heavy atom. The van der Waals surface area contributed by atoms with Gasteiger partial charge in [0.05, 0.1) is 14.2 Å². The molecule has 1 amide bonds. The molecule has 1 rings (SSSR count). The number of rotatable bonds is 9. The molecule has 1 aromatic carbocycles. The van der Waals surface area contributed by atoms with E-state index < -0.39 is 0 Å². The average Bonchev–Trinajstić information content (AvgIpc) is 2.52. The number of ether oxygens (including phenoxy) is 2. The summed E-state index contributed by atoms with van der Waals surface area (Å²) >= 11 is 0. The van der Waals surface area contributed by atoms with Crippen LogP contribution in [0.15, 0.2) is 18.2 Å². The molecule has 0 saturated heterocycles. The third-order valence-corrected chi connectivity index (χ3v) is 3.82. The average molecular weight is 307 g/mol. The molecular weight excluding hydrogens is 278 g/mol. The molecule has 0 fully saturated rings. The van der Waals surface area contributed by atoms with Gasteiger partial charge < -0.3 is 14.4 Å². The predicted molar refractivity (Wildman–Crippen MR) is 89.4 cm³/mol. The minimum atomic E-state index is 0.221. The van der Waals surface area contributed by atoms with Gasteiger partial charge in [-0.05, 0) is 37.5 Å². The van der Waals surface area contributed by atoms with Crippen LogP contribution < -0.4 is 9.47 Å². The summed E-state index contributed by atoms with van der Waals surface area (Å²) in [5.41, 5.74) is 1.06. The van der Waals surface area contributed by atoms with Gasteiger partial charge in [0, 0.05) is 19.0 Å². The van der Waals surface area contributed by atoms with Crippen molar-refractivity contribution in [3.63, 3.8) is 0 Å². The fraction of sp³-hybridized carbons (Fsp3) is 0.611. The van der Waals surface area contributed by atoms with Crippen molar-refractivity contribution in [3.05, 3.63) is 23.8 Å². The summed E-state index contributed by atoms with van der Waals surface area (Å²) in [6.07, 6.45) is 3.56. The fourth-order valence-electron chi connectivity index (χ4n) is 2.60. The van der Waals surface area contributed by atoms with E-state index in [0.717, 1.165) is 24.8 Å². The second kappa shape index (κ2) is 9.34. The molecule has 0 spiro atoms. The van der Waals surface area contributed by atoms with Gasteiger partial charge in [-0.25, -0.2) is 0 Å². The third-order valence-electron chi connectivity index (χ3n) is 3.82. The second-order valence-electron chi connectivity index (χ2n) is 5.60. The number of benzene rings is 1. The Hall–Kier alpha value is -1.71. The van der Waals surface area contributed by atoms with Crippen molar-refractivity contribution in [2.75, 3.05) is 14.2 Å². The summed E-state index contributed by atoms with van der Waals surface area (Å²) in [4.78, 5) is 14.4. The Kier molecular flexibility index (Phi) is 7.78. The number of methoxy groups -OCH3 is 2. The molecule has 4 nitrogen and oxygen atoms in total. The van der Waals surface area contributed by atoms with E-state index in [1.165, 1.54) is 0 Å². The van der Waals surface area contributed by atoms with Gasteiger partial charge in [0.25, 0.3) is 0 Å². The van der Waals surface area contributed by atoms with Crippen molar-refractivity contribution in [3.8, 4) is 11.5 Å². The monoisotopic (exact) mass is 307 g/mol. The predicted octanol–water partition coefficient (Wildman–Crippen LogP) is 4.02. The molecular formula is C18H29NO3. The molecule has 124 valence electrons. The topological polar surface area (TPSA) is 38.8 Å². The van der Waals surface area contributed by atoms with Gasteiger partial charge in [-0.15, -0.1) is 0 Å². The standard InChI is InChI=1S/C18H29NO3/c1-6-8-14(3)19(18(20)9-7-2)13-15-10-11-16(21-4)17(12-15)22-5/h10-12,14H,6-9,13H2,1-5H3. The number of amides is 1. The first-order valence-corrected chi connectivity index (χ1v) is 8.07. The van der Waals surface area contributed by atoms with Crippen LogP contribution in [0.2, 0.25) is 0 Å². The van der Waals surface area contributed by atoms with E-state index in [1.807, 2.05) is 30.0 Å². The van der Waals surface area contributed by atoms with Crippen molar-refractivity contribution in [2.45, 2.75) is 59.0 Å². The van der Waals surface area contributed by atoms with E-state index >= 15 is 0 Å². The minimum absolute atomic E-state index is 0.221. The van der Waals surface area contributed by atoms with Gasteiger partial charge in [-0.1, -0.05) is 26.3 Å². The third kappa shape index (κ3) is 4.93. The van der Waals surface area contributed by atoms with Gasteiger partial charge in [-0.3, -0.25) is 4.79 Å². The Bertz CT molecular complexity index is 473. The van der Waals surface area contributed by atoms with Crippen LogP contribution in [0.1, 0.15) is 52.0 Å². The van der Waals surface area contributed by atoms with Crippen LogP contribution in [0.3, 0.4) is 0 Å². The van der Waals surface area contributed by atoms with Gasteiger partial charge in [0.15, 0.2) is 11.5 Å². The zero-order valence-electron chi connectivity index (χ0n) is 14.5. The molecule has 1 atom stereocenters. The SMILES string of the molecule is CCCC(=O)N(Cc1ccc(OC)c(OC)c1)C(C)CCC. The van der Waals surface area contributed by atoms with E-state index in [2.05, 4.69) is 13.8 Å². The van der Waals surface area contributed by atoms with Gasteiger partial charge in [0.2, 0.25) is 5.91 Å². The van der Waals surface area contributed by atoms with E-state index in [1.54, 1.807) is 14.2 Å². The molecule has 0 N–H and O–H groups in total. The Labute approximate surface area is 134 Å². The maximum atomic E-state index is 12.4. The zero-order chi connectivity index (χ0) is 16.5. The number of carbonyl (C=O) groups is 1. The molecule has 4 heteroatoms. The molecule has 1 unspecified atom stereocenters. The molecule has 0 radical (unpaired) electrons. The van der Waals surface area contributed by atoms with Crippen molar-refractivity contribution in [1.82, 2.24) is 4.90 Å². The largest absolute Gasteiger partial charge is 0.493 e. The zero-order valence-corrected chi connectivity index (χ0v) is 14.5. The van der Waals surface area contributed by atoms with Crippen molar-refractivity contribution in [1.29, 1.82) is 0 Å². The summed E-state index contributed by atoms with van der Waals surface area (Å²) in [5.74, 6) is 1.63. The maximum absolute atomic E-state index is 12.4. The highest BCUT2D eigenvalue weighted by Gasteiger charge is 2.19. The lowest BCUT2D eigenvalue weighted by molar-refractivity contribution is -0.134. The Morgan fingerprint density at radius 1 is 1.14 bits per heavy atom. The van der Waals surface area contributed by atoms with Crippen molar-refractivity contribution in [2.24, 2.45) is 0 Å². The quantitative estimate of drug-likeness (QED) is 0.691. The lowest BCUT2D eigenvalue weighted by atomic mass is 10.1. The molecule has 0 bridgehead atoms. The van der Waals surface area contributed by atoms with Crippen LogP contribution in [0.5, 0.6) is 11.5 Å². The molecule has 22 heavy (non-hydrogen) atoms. The highest BCUT2D eigenvalue weighted by molar-refractivity contribution is 5.76. The molecule has 0 saturated carbocycles. The van der Waals surface area contributed by atoms with Crippen LogP contribution in [-0.4, -0.2) is 31.1 Å². The summed E-state index contributed by atoms with van der Waals surface area (Å²) < 4.78 is 10.6. The lowest BCUT2D eigenvalue weighted by Gasteiger charge is -2.29. The second-order valence-corrected chi connectivity index (χ2v) is 5.60. The van der Waals surface area contributed by atoms with Crippen molar-refractivity contribution < 1.29 is 14.3 Å². The maximum Gasteiger partial charge on any atom is 0.223 e. The normalized spacial score (nSPS) is 11.9. The first-order valence-electron chi connectivity index (χ1n) is 8.07. The van der Waals surface area contributed by atoms with E-state index in [9.17, 15) is 4.79 Å². The first-order chi connectivity index (χ1) is 10.6. The number of nitrogens with zero attached hydrogens (tertiary/aromatic N) is 1. The lowest BCUT2D eigenvalue weighted by Crippen LogP contribution is -2.37. The molecule has 0 aliphatic heterocycles. The molecule has 0 heterocycles. The van der Waals surface area contributed by atoms with Gasteiger partial charge in [0.1, 0.15) is 0 Å². The molecule has 0 aliphatic rings. The highest BCUT2D eigenvalue weighted by atomic mass is 16.5. The van der Waals surface area contributed by atoms with Crippen LogP contribution >= 0.6 is 0 Å². The summed E-state index contributed by atoms with van der Waals surface area (Å²) in [6.45, 7) is 6.92. The Morgan fingerprint density at radius 2 is 1.82 bits per heavy atom. The fourth-order valence-corrected chi connectivity index (χ4v) is 2.60. The summed E-state index contributed by atoms with van der Waals surface area (Å²) in [6, 6.07) is 6.08. The summed E-state index contributed by atoms with van der Waals surface area (Å²) in [5, 5.41) is 0. The summed E-state index contributed by atoms with van der Waals surface area (Å²) in [7, 11) is 3.25. The van der Waals surface area contributed by atoms with Gasteiger partial charge in [-0.2, -0.15) is 0 Å². The number of carbonyl (C=O) groups excluding carboxylic acids is 1. The van der Waals surface area contributed by atoms with Crippen molar-refractivity contribution >= 4 is 5.91 Å². The highest BCUT2D eigenvalue weighted by Crippen LogP contribution is 2.28. The van der Waals surface area contributed by atoms with Crippen LogP contribution in [0, 0.1) is 0 Å². The smallest absolute Gasteiger partial charge is 0.223 e. The number of hydrogen-bond donors (Lipinski definition) is 0. The Balaban J connectivity index is 2.95. The molecule has 1 aromatic rings.